The minimum absolute atomic E-state index is 0.0509. The number of carbonyl (C=O) groups is 1. The molecule has 5 nitrogen and oxygen atoms in total. The fourth-order valence-electron chi connectivity index (χ4n) is 1.89. The van der Waals surface area contributed by atoms with Crippen LogP contribution in [0.4, 0.5) is 5.82 Å². The van der Waals surface area contributed by atoms with Gasteiger partial charge in [0.1, 0.15) is 18.2 Å². The summed E-state index contributed by atoms with van der Waals surface area (Å²) in [4.78, 5) is 20.5. The molecule has 0 aliphatic rings. The molecule has 21 heavy (non-hydrogen) atoms. The molecule has 1 aromatic carbocycles. The number of benzene rings is 1. The molecule has 1 aromatic heterocycles. The number of hydrogen-bond acceptors (Lipinski definition) is 4. The summed E-state index contributed by atoms with van der Waals surface area (Å²) in [6.45, 7) is 5.82. The summed E-state index contributed by atoms with van der Waals surface area (Å²) < 4.78 is 0. The van der Waals surface area contributed by atoms with Gasteiger partial charge in [-0.3, -0.25) is 4.79 Å². The maximum Gasteiger partial charge on any atom is 0.242 e. The van der Waals surface area contributed by atoms with Crippen molar-refractivity contribution < 1.29 is 4.79 Å². The van der Waals surface area contributed by atoms with Crippen LogP contribution in [-0.2, 0) is 4.79 Å². The molecule has 0 fully saturated rings. The lowest BCUT2D eigenvalue weighted by atomic mass is 10.2. The molecule has 2 unspecified atom stereocenters. The molecule has 2 N–H and O–H groups in total. The SMILES string of the molecule is CCC(C)NC(=O)C(C)Nc1ncnc2cc(Cl)ccc12. The van der Waals surface area contributed by atoms with Crippen molar-refractivity contribution in [3.8, 4) is 0 Å². The van der Waals surface area contributed by atoms with E-state index in [2.05, 4.69) is 20.6 Å². The molecular weight excluding hydrogens is 288 g/mol. The molecule has 2 rings (SSSR count). The first-order valence-corrected chi connectivity index (χ1v) is 7.36. The van der Waals surface area contributed by atoms with Gasteiger partial charge in [0.15, 0.2) is 0 Å². The van der Waals surface area contributed by atoms with Gasteiger partial charge in [0.05, 0.1) is 5.52 Å². The normalized spacial score (nSPS) is 13.7. The zero-order valence-electron chi connectivity index (χ0n) is 12.4. The summed E-state index contributed by atoms with van der Waals surface area (Å²) in [5.74, 6) is 0.577. The van der Waals surface area contributed by atoms with Crippen molar-refractivity contribution in [3.05, 3.63) is 29.5 Å². The molecule has 0 aliphatic heterocycles. The molecule has 0 aliphatic carbocycles. The van der Waals surface area contributed by atoms with Crippen LogP contribution in [0.3, 0.4) is 0 Å². The fourth-order valence-corrected chi connectivity index (χ4v) is 2.05. The second-order valence-electron chi connectivity index (χ2n) is 5.07. The Hall–Kier alpha value is -1.88. The standard InChI is InChI=1S/C15H19ClN4O/c1-4-9(2)19-15(21)10(3)20-14-12-6-5-11(16)7-13(12)17-8-18-14/h5-10H,4H2,1-3H3,(H,19,21)(H,17,18,20). The Morgan fingerprint density at radius 2 is 2.10 bits per heavy atom. The van der Waals surface area contributed by atoms with Gasteiger partial charge in [-0.2, -0.15) is 0 Å². The quantitative estimate of drug-likeness (QED) is 0.891. The summed E-state index contributed by atoms with van der Waals surface area (Å²) in [5, 5.41) is 7.53. The third-order valence-corrected chi connectivity index (χ3v) is 3.58. The van der Waals surface area contributed by atoms with E-state index in [1.54, 1.807) is 12.1 Å². The smallest absolute Gasteiger partial charge is 0.242 e. The Labute approximate surface area is 129 Å². The van der Waals surface area contributed by atoms with Gasteiger partial charge >= 0.3 is 0 Å². The Morgan fingerprint density at radius 3 is 2.81 bits per heavy atom. The average Bonchev–Trinajstić information content (AvgIpc) is 2.46. The topological polar surface area (TPSA) is 66.9 Å². The highest BCUT2D eigenvalue weighted by molar-refractivity contribution is 6.31. The van der Waals surface area contributed by atoms with Crippen LogP contribution in [0.1, 0.15) is 27.2 Å². The van der Waals surface area contributed by atoms with Crippen LogP contribution in [0.5, 0.6) is 0 Å². The lowest BCUT2D eigenvalue weighted by molar-refractivity contribution is -0.122. The fraction of sp³-hybridized carbons (Fsp3) is 0.400. The van der Waals surface area contributed by atoms with Crippen molar-refractivity contribution in [2.75, 3.05) is 5.32 Å². The average molecular weight is 307 g/mol. The number of halogens is 1. The molecule has 2 aromatic rings. The van der Waals surface area contributed by atoms with E-state index in [4.69, 9.17) is 11.6 Å². The zero-order valence-corrected chi connectivity index (χ0v) is 13.1. The van der Waals surface area contributed by atoms with Gasteiger partial charge in [0.25, 0.3) is 0 Å². The van der Waals surface area contributed by atoms with Crippen LogP contribution < -0.4 is 10.6 Å². The van der Waals surface area contributed by atoms with Crippen molar-refractivity contribution in [3.63, 3.8) is 0 Å². The molecule has 0 radical (unpaired) electrons. The van der Waals surface area contributed by atoms with Gasteiger partial charge in [-0.15, -0.1) is 0 Å². The largest absolute Gasteiger partial charge is 0.358 e. The lowest BCUT2D eigenvalue weighted by Crippen LogP contribution is -2.42. The number of hydrogen-bond donors (Lipinski definition) is 2. The maximum absolute atomic E-state index is 12.1. The van der Waals surface area contributed by atoms with E-state index < -0.39 is 0 Å². The van der Waals surface area contributed by atoms with E-state index in [0.717, 1.165) is 17.3 Å². The number of carbonyl (C=O) groups excluding carboxylic acids is 1. The highest BCUT2D eigenvalue weighted by atomic mass is 35.5. The molecule has 2 atom stereocenters. The van der Waals surface area contributed by atoms with Gasteiger partial charge in [-0.05, 0) is 38.5 Å². The second kappa shape index (κ2) is 6.72. The van der Waals surface area contributed by atoms with Gasteiger partial charge in [0, 0.05) is 16.5 Å². The number of amides is 1. The summed E-state index contributed by atoms with van der Waals surface area (Å²) in [6.07, 6.45) is 2.35. The number of rotatable bonds is 5. The van der Waals surface area contributed by atoms with Gasteiger partial charge < -0.3 is 10.6 Å². The van der Waals surface area contributed by atoms with Crippen molar-refractivity contribution in [2.45, 2.75) is 39.3 Å². The number of fused-ring (bicyclic) bond motifs is 1. The Morgan fingerprint density at radius 1 is 1.33 bits per heavy atom. The Kier molecular flexibility index (Phi) is 4.96. The van der Waals surface area contributed by atoms with Crippen molar-refractivity contribution >= 4 is 34.2 Å². The summed E-state index contributed by atoms with van der Waals surface area (Å²) in [7, 11) is 0. The highest BCUT2D eigenvalue weighted by Gasteiger charge is 2.16. The van der Waals surface area contributed by atoms with Crippen molar-refractivity contribution in [2.24, 2.45) is 0 Å². The van der Waals surface area contributed by atoms with Crippen molar-refractivity contribution in [1.82, 2.24) is 15.3 Å². The van der Waals surface area contributed by atoms with Crippen LogP contribution in [0, 0.1) is 0 Å². The molecular formula is C15H19ClN4O. The number of nitrogens with zero attached hydrogens (tertiary/aromatic N) is 2. The second-order valence-corrected chi connectivity index (χ2v) is 5.50. The first-order chi connectivity index (χ1) is 10.0. The molecule has 112 valence electrons. The van der Waals surface area contributed by atoms with E-state index in [1.165, 1.54) is 6.33 Å². The van der Waals surface area contributed by atoms with E-state index in [1.807, 2.05) is 26.8 Å². The monoisotopic (exact) mass is 306 g/mol. The van der Waals surface area contributed by atoms with E-state index >= 15 is 0 Å². The molecule has 0 bridgehead atoms. The Bertz CT molecular complexity index is 647. The van der Waals surface area contributed by atoms with Gasteiger partial charge in [-0.1, -0.05) is 18.5 Å². The third kappa shape index (κ3) is 3.82. The van der Waals surface area contributed by atoms with Gasteiger partial charge in [0.2, 0.25) is 5.91 Å². The van der Waals surface area contributed by atoms with Crippen LogP contribution in [0.15, 0.2) is 24.5 Å². The van der Waals surface area contributed by atoms with E-state index in [0.29, 0.717) is 10.8 Å². The van der Waals surface area contributed by atoms with Gasteiger partial charge in [-0.25, -0.2) is 9.97 Å². The minimum Gasteiger partial charge on any atom is -0.358 e. The Balaban J connectivity index is 2.18. The number of aromatic nitrogens is 2. The summed E-state index contributed by atoms with van der Waals surface area (Å²) in [6, 6.07) is 5.17. The highest BCUT2D eigenvalue weighted by Crippen LogP contribution is 2.22. The molecule has 0 saturated heterocycles. The third-order valence-electron chi connectivity index (χ3n) is 3.35. The first kappa shape index (κ1) is 15.5. The van der Waals surface area contributed by atoms with Crippen LogP contribution in [0.25, 0.3) is 10.9 Å². The first-order valence-electron chi connectivity index (χ1n) is 6.98. The van der Waals surface area contributed by atoms with Crippen LogP contribution in [0.2, 0.25) is 5.02 Å². The predicted molar refractivity (Wildman–Crippen MR) is 85.5 cm³/mol. The molecule has 0 saturated carbocycles. The van der Waals surface area contributed by atoms with Crippen LogP contribution in [-0.4, -0.2) is 28.0 Å². The molecule has 1 heterocycles. The van der Waals surface area contributed by atoms with E-state index in [9.17, 15) is 4.79 Å². The van der Waals surface area contributed by atoms with Crippen molar-refractivity contribution in [1.29, 1.82) is 0 Å². The zero-order chi connectivity index (χ0) is 15.4. The lowest BCUT2D eigenvalue weighted by Gasteiger charge is -2.18. The van der Waals surface area contributed by atoms with E-state index in [-0.39, 0.29) is 18.0 Å². The molecule has 1 amide bonds. The minimum atomic E-state index is -0.382. The number of nitrogens with one attached hydrogen (secondary N) is 2. The summed E-state index contributed by atoms with van der Waals surface area (Å²) in [5.41, 5.74) is 0.745. The molecule has 0 spiro atoms. The number of anilines is 1. The predicted octanol–water partition coefficient (Wildman–Crippen LogP) is 3.00. The maximum atomic E-state index is 12.1. The summed E-state index contributed by atoms with van der Waals surface area (Å²) >= 11 is 5.96. The van der Waals surface area contributed by atoms with Crippen LogP contribution >= 0.6 is 11.6 Å². The molecule has 6 heteroatoms.